The summed E-state index contributed by atoms with van der Waals surface area (Å²) in [5, 5.41) is 13.1. The quantitative estimate of drug-likeness (QED) is 0.203. The van der Waals surface area contributed by atoms with Gasteiger partial charge in [-0.15, -0.1) is 0 Å². The SMILES string of the molecule is CC.CC.CC(C)[C@@H](CO)NC(c1ccccc1)C1CC1.CC(C)[C@@H](CO[Si](C)(C)C)N=Cc1ccccc1. The Kier molecular flexibility index (Phi) is 20.1. The van der Waals surface area contributed by atoms with Crippen LogP contribution in [0.1, 0.15) is 85.4 Å². The van der Waals surface area contributed by atoms with Gasteiger partial charge in [-0.2, -0.15) is 0 Å². The van der Waals surface area contributed by atoms with Crippen LogP contribution < -0.4 is 5.32 Å². The minimum absolute atomic E-state index is 0.195. The lowest BCUT2D eigenvalue weighted by Crippen LogP contribution is -2.40. The number of nitrogens with zero attached hydrogens (tertiary/aromatic N) is 1. The summed E-state index contributed by atoms with van der Waals surface area (Å²) in [5.74, 6) is 1.72. The van der Waals surface area contributed by atoms with Crippen LogP contribution in [-0.4, -0.2) is 44.9 Å². The predicted molar refractivity (Wildman–Crippen MR) is 175 cm³/mol. The highest BCUT2D eigenvalue weighted by atomic mass is 28.4. The lowest BCUT2D eigenvalue weighted by molar-refractivity contribution is 0.194. The van der Waals surface area contributed by atoms with E-state index < -0.39 is 8.32 Å². The van der Waals surface area contributed by atoms with E-state index in [9.17, 15) is 5.11 Å². The van der Waals surface area contributed by atoms with Crippen molar-refractivity contribution in [3.05, 3.63) is 71.8 Å². The van der Waals surface area contributed by atoms with Crippen molar-refractivity contribution in [2.45, 2.75) is 106 Å². The molecule has 222 valence electrons. The summed E-state index contributed by atoms with van der Waals surface area (Å²) < 4.78 is 5.97. The van der Waals surface area contributed by atoms with Crippen molar-refractivity contribution in [3.63, 3.8) is 0 Å². The molecule has 2 aromatic rings. The van der Waals surface area contributed by atoms with Gasteiger partial charge in [-0.3, -0.25) is 4.99 Å². The Morgan fingerprint density at radius 2 is 1.38 bits per heavy atom. The van der Waals surface area contributed by atoms with Crippen molar-refractivity contribution in [2.24, 2.45) is 22.7 Å². The first-order valence-corrected chi connectivity index (χ1v) is 18.7. The average molecular weight is 557 g/mol. The fraction of sp³-hybridized carbons (Fsp3) is 0.618. The molecule has 2 N–H and O–H groups in total. The van der Waals surface area contributed by atoms with Gasteiger partial charge in [0.1, 0.15) is 0 Å². The van der Waals surface area contributed by atoms with Gasteiger partial charge in [-0.05, 0) is 61.4 Å². The zero-order valence-corrected chi connectivity index (χ0v) is 27.9. The Hall–Kier alpha value is -1.79. The third kappa shape index (κ3) is 16.8. The van der Waals surface area contributed by atoms with Crippen LogP contribution >= 0.6 is 0 Å². The van der Waals surface area contributed by atoms with Crippen molar-refractivity contribution in [2.75, 3.05) is 13.2 Å². The normalized spacial score (nSPS) is 15.3. The van der Waals surface area contributed by atoms with Gasteiger partial charge in [0.25, 0.3) is 0 Å². The molecule has 0 saturated heterocycles. The maximum atomic E-state index is 9.43. The Morgan fingerprint density at radius 1 is 0.872 bits per heavy atom. The largest absolute Gasteiger partial charge is 0.415 e. The van der Waals surface area contributed by atoms with E-state index in [0.29, 0.717) is 17.9 Å². The van der Waals surface area contributed by atoms with Crippen LogP contribution in [0.2, 0.25) is 19.6 Å². The van der Waals surface area contributed by atoms with Crippen molar-refractivity contribution in [1.29, 1.82) is 0 Å². The molecule has 0 aromatic heterocycles. The molecule has 1 saturated carbocycles. The van der Waals surface area contributed by atoms with E-state index in [4.69, 9.17) is 4.43 Å². The smallest absolute Gasteiger partial charge is 0.183 e. The number of hydrogen-bond donors (Lipinski definition) is 2. The van der Waals surface area contributed by atoms with E-state index in [-0.39, 0.29) is 18.7 Å². The maximum Gasteiger partial charge on any atom is 0.183 e. The second-order valence-electron chi connectivity index (χ2n) is 11.3. The van der Waals surface area contributed by atoms with Crippen molar-refractivity contribution < 1.29 is 9.53 Å². The Balaban J connectivity index is 0.000000657. The molecule has 3 rings (SSSR count). The molecule has 0 aliphatic heterocycles. The number of aliphatic hydroxyl groups excluding tert-OH is 1. The number of hydrogen-bond acceptors (Lipinski definition) is 4. The summed E-state index contributed by atoms with van der Waals surface area (Å²) in [4.78, 5) is 4.67. The summed E-state index contributed by atoms with van der Waals surface area (Å²) in [6, 6.07) is 21.7. The van der Waals surface area contributed by atoms with Gasteiger partial charge in [0.05, 0.1) is 19.3 Å². The van der Waals surface area contributed by atoms with Crippen LogP contribution in [0.4, 0.5) is 0 Å². The minimum Gasteiger partial charge on any atom is -0.415 e. The van der Waals surface area contributed by atoms with Gasteiger partial charge in [-0.1, -0.05) is 116 Å². The monoisotopic (exact) mass is 556 g/mol. The van der Waals surface area contributed by atoms with Crippen LogP contribution in [-0.2, 0) is 4.43 Å². The maximum absolute atomic E-state index is 9.43. The van der Waals surface area contributed by atoms with Crippen molar-refractivity contribution in [1.82, 2.24) is 5.32 Å². The summed E-state index contributed by atoms with van der Waals surface area (Å²) in [5.41, 5.74) is 2.50. The van der Waals surface area contributed by atoms with Gasteiger partial charge < -0.3 is 14.8 Å². The highest BCUT2D eigenvalue weighted by molar-refractivity contribution is 6.69. The third-order valence-corrected chi connectivity index (χ3v) is 7.35. The minimum atomic E-state index is -1.45. The number of nitrogens with one attached hydrogen (secondary N) is 1. The molecule has 3 atom stereocenters. The number of aliphatic imine (C=N–C) groups is 1. The van der Waals surface area contributed by atoms with E-state index >= 15 is 0 Å². The van der Waals surface area contributed by atoms with Crippen molar-refractivity contribution in [3.8, 4) is 0 Å². The summed E-state index contributed by atoms with van der Waals surface area (Å²) >= 11 is 0. The predicted octanol–water partition coefficient (Wildman–Crippen LogP) is 8.78. The van der Waals surface area contributed by atoms with E-state index in [0.717, 1.165) is 18.1 Å². The molecule has 1 unspecified atom stereocenters. The summed E-state index contributed by atoms with van der Waals surface area (Å²) in [6.45, 7) is 24.3. The molecule has 1 fully saturated rings. The molecule has 0 bridgehead atoms. The van der Waals surface area contributed by atoms with Gasteiger partial charge in [-0.25, -0.2) is 0 Å². The Bertz CT molecular complexity index is 847. The van der Waals surface area contributed by atoms with Gasteiger partial charge in [0.15, 0.2) is 8.32 Å². The first kappa shape index (κ1) is 37.2. The lowest BCUT2D eigenvalue weighted by atomic mass is 9.98. The summed E-state index contributed by atoms with van der Waals surface area (Å²) in [6.07, 6.45) is 4.57. The zero-order valence-electron chi connectivity index (χ0n) is 26.9. The second kappa shape index (κ2) is 21.0. The third-order valence-electron chi connectivity index (χ3n) is 6.32. The summed E-state index contributed by atoms with van der Waals surface area (Å²) in [7, 11) is -1.45. The number of aliphatic hydroxyl groups is 1. The Labute approximate surface area is 242 Å². The highest BCUT2D eigenvalue weighted by Gasteiger charge is 2.33. The van der Waals surface area contributed by atoms with Crippen LogP contribution in [0.3, 0.4) is 0 Å². The zero-order chi connectivity index (χ0) is 29.8. The average Bonchev–Trinajstić information content (AvgIpc) is 3.77. The molecule has 1 aliphatic carbocycles. The first-order valence-electron chi connectivity index (χ1n) is 15.2. The molecule has 1 aliphatic rings. The second-order valence-corrected chi connectivity index (χ2v) is 15.9. The molecular formula is C34H60N2O2Si. The fourth-order valence-electron chi connectivity index (χ4n) is 3.74. The molecule has 5 heteroatoms. The number of benzene rings is 2. The van der Waals surface area contributed by atoms with Crippen molar-refractivity contribution >= 4 is 14.5 Å². The van der Waals surface area contributed by atoms with Gasteiger partial charge in [0.2, 0.25) is 0 Å². The molecule has 39 heavy (non-hydrogen) atoms. The molecule has 4 nitrogen and oxygen atoms in total. The first-order chi connectivity index (χ1) is 18.6. The molecule has 0 heterocycles. The topological polar surface area (TPSA) is 53.8 Å². The fourth-order valence-corrected chi connectivity index (χ4v) is 4.42. The van der Waals surface area contributed by atoms with E-state index in [1.165, 1.54) is 18.4 Å². The van der Waals surface area contributed by atoms with Crippen LogP contribution in [0, 0.1) is 17.8 Å². The van der Waals surface area contributed by atoms with E-state index in [2.05, 4.69) is 100 Å². The molecular weight excluding hydrogens is 496 g/mol. The lowest BCUT2D eigenvalue weighted by Gasteiger charge is -2.27. The Morgan fingerprint density at radius 3 is 1.79 bits per heavy atom. The molecule has 0 radical (unpaired) electrons. The molecule has 0 amide bonds. The van der Waals surface area contributed by atoms with Gasteiger partial charge in [0, 0.05) is 18.3 Å². The number of rotatable bonds is 12. The van der Waals surface area contributed by atoms with Crippen LogP contribution in [0.5, 0.6) is 0 Å². The van der Waals surface area contributed by atoms with Crippen LogP contribution in [0.15, 0.2) is 65.7 Å². The molecule has 2 aromatic carbocycles. The van der Waals surface area contributed by atoms with Gasteiger partial charge >= 0.3 is 0 Å². The van der Waals surface area contributed by atoms with E-state index in [1.54, 1.807) is 0 Å². The standard InChI is InChI=1S/C15H25NOSi.C15H23NO.2C2H6/c1-13(2)15(12-17-18(3,4)5)16-11-14-9-7-6-8-10-14;1-11(2)14(10-17)16-15(13-8-9-13)12-6-4-3-5-7-12;2*1-2/h6-11,13,15H,12H2,1-5H3;3-7,11,13-17H,8-10H2,1-2H3;2*1-2H3/t15-;14-,15?;;/m11../s1. The molecule has 0 spiro atoms. The van der Waals surface area contributed by atoms with E-state index in [1.807, 2.05) is 52.1 Å². The highest BCUT2D eigenvalue weighted by Crippen LogP contribution is 2.41. The van der Waals surface area contributed by atoms with Crippen LogP contribution in [0.25, 0.3) is 0 Å².